The molecular formula is C21H27N3O3S2. The fraction of sp³-hybridized carbons (Fsp3) is 0.524. The predicted octanol–water partition coefficient (Wildman–Crippen LogP) is 3.40. The van der Waals surface area contributed by atoms with E-state index < -0.39 is 10.0 Å². The summed E-state index contributed by atoms with van der Waals surface area (Å²) in [4.78, 5) is 20.0. The van der Waals surface area contributed by atoms with Crippen molar-refractivity contribution in [3.05, 3.63) is 44.4 Å². The fourth-order valence-corrected chi connectivity index (χ4v) is 6.94. The summed E-state index contributed by atoms with van der Waals surface area (Å²) in [5, 5.41) is 1.05. The van der Waals surface area contributed by atoms with Crippen LogP contribution < -0.4 is 0 Å². The molecule has 1 amide bonds. The summed E-state index contributed by atoms with van der Waals surface area (Å²) in [5.41, 5.74) is 3.59. The number of thiazole rings is 1. The molecule has 29 heavy (non-hydrogen) atoms. The van der Waals surface area contributed by atoms with Gasteiger partial charge in [0.25, 0.3) is 5.91 Å². The second-order valence-corrected chi connectivity index (χ2v) is 11.1. The molecule has 0 atom stereocenters. The van der Waals surface area contributed by atoms with Crippen molar-refractivity contribution < 1.29 is 13.2 Å². The lowest BCUT2D eigenvalue weighted by Gasteiger charge is -2.34. The van der Waals surface area contributed by atoms with Crippen molar-refractivity contribution in [1.82, 2.24) is 14.2 Å². The minimum atomic E-state index is -3.60. The maximum absolute atomic E-state index is 13.4. The van der Waals surface area contributed by atoms with Gasteiger partial charge in [0.1, 0.15) is 4.88 Å². The molecule has 2 fully saturated rings. The van der Waals surface area contributed by atoms with Gasteiger partial charge in [-0.25, -0.2) is 13.4 Å². The molecule has 0 spiro atoms. The summed E-state index contributed by atoms with van der Waals surface area (Å²) in [6, 6.07) is 2.03. The Morgan fingerprint density at radius 2 is 1.62 bits per heavy atom. The smallest absolute Gasteiger partial charge is 0.265 e. The maximum atomic E-state index is 13.4. The van der Waals surface area contributed by atoms with Crippen LogP contribution in [0.2, 0.25) is 0 Å². The first-order valence-corrected chi connectivity index (χ1v) is 12.3. The summed E-state index contributed by atoms with van der Waals surface area (Å²) in [6.45, 7) is 9.06. The van der Waals surface area contributed by atoms with Crippen LogP contribution in [-0.4, -0.2) is 54.7 Å². The molecule has 2 aromatic rings. The van der Waals surface area contributed by atoms with E-state index in [9.17, 15) is 13.2 Å². The average molecular weight is 434 g/mol. The Morgan fingerprint density at radius 1 is 1.03 bits per heavy atom. The topological polar surface area (TPSA) is 70.6 Å². The van der Waals surface area contributed by atoms with Crippen LogP contribution in [0, 0.1) is 27.7 Å². The molecule has 4 rings (SSSR count). The molecule has 0 N–H and O–H groups in total. The number of sulfonamides is 1. The minimum Gasteiger partial charge on any atom is -0.335 e. The molecule has 1 aromatic carbocycles. The van der Waals surface area contributed by atoms with Gasteiger partial charge in [0.05, 0.1) is 16.1 Å². The summed E-state index contributed by atoms with van der Waals surface area (Å²) < 4.78 is 28.3. The van der Waals surface area contributed by atoms with Crippen molar-refractivity contribution in [2.24, 2.45) is 0 Å². The van der Waals surface area contributed by atoms with Crippen molar-refractivity contribution in [2.75, 3.05) is 26.2 Å². The van der Waals surface area contributed by atoms with Crippen LogP contribution in [0.1, 0.15) is 55.7 Å². The Balaban J connectivity index is 1.49. The number of rotatable bonds is 4. The van der Waals surface area contributed by atoms with E-state index in [2.05, 4.69) is 4.98 Å². The van der Waals surface area contributed by atoms with Crippen LogP contribution >= 0.6 is 11.3 Å². The van der Waals surface area contributed by atoms with E-state index in [1.807, 2.05) is 33.8 Å². The Kier molecular flexibility index (Phi) is 5.29. The van der Waals surface area contributed by atoms with Gasteiger partial charge in [-0.05, 0) is 62.8 Å². The largest absolute Gasteiger partial charge is 0.335 e. The van der Waals surface area contributed by atoms with Gasteiger partial charge in [0, 0.05) is 32.1 Å². The van der Waals surface area contributed by atoms with Gasteiger partial charge in [-0.3, -0.25) is 4.79 Å². The first kappa shape index (κ1) is 20.5. The van der Waals surface area contributed by atoms with E-state index in [-0.39, 0.29) is 5.91 Å². The van der Waals surface area contributed by atoms with Crippen molar-refractivity contribution in [2.45, 2.75) is 51.3 Å². The molecule has 2 heterocycles. The van der Waals surface area contributed by atoms with E-state index in [0.717, 1.165) is 40.1 Å². The first-order chi connectivity index (χ1) is 13.7. The molecule has 1 aromatic heterocycles. The van der Waals surface area contributed by atoms with E-state index in [0.29, 0.717) is 41.9 Å². The lowest BCUT2D eigenvalue weighted by Crippen LogP contribution is -2.50. The van der Waals surface area contributed by atoms with Crippen LogP contribution in [-0.2, 0) is 10.0 Å². The third kappa shape index (κ3) is 3.73. The summed E-state index contributed by atoms with van der Waals surface area (Å²) in [6.07, 6.45) is 4.00. The number of benzene rings is 1. The Labute approximate surface area is 176 Å². The Bertz CT molecular complexity index is 1040. The standard InChI is InChI=1S/C21H27N3O3S2/c1-13-11-14(2)16(4)19(15(13)3)29(26,27)24-9-7-23(8-10-24)21(25)18-12-22-20(28-18)17-5-6-17/h11-12,17H,5-10H2,1-4H3. The molecule has 0 radical (unpaired) electrons. The van der Waals surface area contributed by atoms with Crippen LogP contribution in [0.15, 0.2) is 17.2 Å². The first-order valence-electron chi connectivity index (χ1n) is 10.0. The Hall–Kier alpha value is -1.77. The highest BCUT2D eigenvalue weighted by atomic mass is 32.2. The number of aryl methyl sites for hydroxylation is 2. The maximum Gasteiger partial charge on any atom is 0.265 e. The summed E-state index contributed by atoms with van der Waals surface area (Å²) in [5.74, 6) is 0.498. The molecule has 1 aliphatic heterocycles. The number of carbonyl (C=O) groups excluding carboxylic acids is 1. The van der Waals surface area contributed by atoms with Gasteiger partial charge in [-0.2, -0.15) is 4.31 Å². The van der Waals surface area contributed by atoms with Crippen molar-refractivity contribution >= 4 is 27.3 Å². The van der Waals surface area contributed by atoms with E-state index >= 15 is 0 Å². The zero-order chi connectivity index (χ0) is 20.9. The van der Waals surface area contributed by atoms with Gasteiger partial charge in [0.2, 0.25) is 10.0 Å². The van der Waals surface area contributed by atoms with Crippen LogP contribution in [0.5, 0.6) is 0 Å². The van der Waals surface area contributed by atoms with Gasteiger partial charge in [-0.15, -0.1) is 11.3 Å². The fourth-order valence-electron chi connectivity index (χ4n) is 3.89. The minimum absolute atomic E-state index is 0.0368. The Morgan fingerprint density at radius 3 is 2.17 bits per heavy atom. The molecule has 1 saturated heterocycles. The number of carbonyl (C=O) groups is 1. The third-order valence-corrected chi connectivity index (χ3v) is 9.40. The number of aromatic nitrogens is 1. The van der Waals surface area contributed by atoms with Gasteiger partial charge < -0.3 is 4.90 Å². The molecule has 6 nitrogen and oxygen atoms in total. The lowest BCUT2D eigenvalue weighted by molar-refractivity contribution is 0.0702. The van der Waals surface area contributed by atoms with E-state index in [4.69, 9.17) is 0 Å². The quantitative estimate of drug-likeness (QED) is 0.741. The van der Waals surface area contributed by atoms with E-state index in [1.54, 1.807) is 11.1 Å². The predicted molar refractivity (Wildman–Crippen MR) is 114 cm³/mol. The zero-order valence-electron chi connectivity index (χ0n) is 17.4. The number of hydrogen-bond donors (Lipinski definition) is 0. The highest BCUT2D eigenvalue weighted by Gasteiger charge is 2.34. The molecule has 0 bridgehead atoms. The average Bonchev–Trinajstić information content (AvgIpc) is 3.43. The van der Waals surface area contributed by atoms with E-state index in [1.165, 1.54) is 15.6 Å². The number of nitrogens with zero attached hydrogens (tertiary/aromatic N) is 3. The second-order valence-electron chi connectivity index (χ2n) is 8.12. The second kappa shape index (κ2) is 7.49. The van der Waals surface area contributed by atoms with Crippen LogP contribution in [0.3, 0.4) is 0 Å². The number of piperazine rings is 1. The normalized spacial score (nSPS) is 18.3. The summed E-state index contributed by atoms with van der Waals surface area (Å²) in [7, 11) is -3.60. The van der Waals surface area contributed by atoms with Crippen molar-refractivity contribution in [1.29, 1.82) is 0 Å². The van der Waals surface area contributed by atoms with Gasteiger partial charge in [-0.1, -0.05) is 6.07 Å². The monoisotopic (exact) mass is 433 g/mol. The number of hydrogen-bond acceptors (Lipinski definition) is 5. The van der Waals surface area contributed by atoms with Crippen LogP contribution in [0.4, 0.5) is 0 Å². The van der Waals surface area contributed by atoms with Crippen molar-refractivity contribution in [3.63, 3.8) is 0 Å². The van der Waals surface area contributed by atoms with Gasteiger partial charge in [0.15, 0.2) is 0 Å². The molecule has 2 aliphatic rings. The third-order valence-electron chi connectivity index (χ3n) is 6.08. The highest BCUT2D eigenvalue weighted by Crippen LogP contribution is 2.42. The molecular weight excluding hydrogens is 406 g/mol. The highest BCUT2D eigenvalue weighted by molar-refractivity contribution is 7.89. The SMILES string of the molecule is Cc1cc(C)c(C)c(S(=O)(=O)N2CCN(C(=O)c3cnc(C4CC4)s3)CC2)c1C. The zero-order valence-corrected chi connectivity index (χ0v) is 19.0. The molecule has 1 aliphatic carbocycles. The van der Waals surface area contributed by atoms with Crippen LogP contribution in [0.25, 0.3) is 0 Å². The molecule has 8 heteroatoms. The molecule has 156 valence electrons. The van der Waals surface area contributed by atoms with Gasteiger partial charge >= 0.3 is 0 Å². The molecule has 1 saturated carbocycles. The van der Waals surface area contributed by atoms with Crippen molar-refractivity contribution in [3.8, 4) is 0 Å². The summed E-state index contributed by atoms with van der Waals surface area (Å²) >= 11 is 1.48. The lowest BCUT2D eigenvalue weighted by atomic mass is 10.0. The molecule has 0 unspecified atom stereocenters. The number of amides is 1.